The first-order valence-electron chi connectivity index (χ1n) is 6.82. The van der Waals surface area contributed by atoms with Crippen molar-refractivity contribution in [1.29, 1.82) is 0 Å². The molecule has 7 heteroatoms. The number of hydrogen-bond acceptors (Lipinski definition) is 4. The van der Waals surface area contributed by atoms with Gasteiger partial charge in [0.2, 0.25) is 0 Å². The van der Waals surface area contributed by atoms with E-state index >= 15 is 0 Å². The van der Waals surface area contributed by atoms with Crippen LogP contribution >= 0.6 is 22.6 Å². The van der Waals surface area contributed by atoms with Gasteiger partial charge in [-0.1, -0.05) is 6.92 Å². The Morgan fingerprint density at radius 3 is 2.57 bits per heavy atom. The van der Waals surface area contributed by atoms with Crippen molar-refractivity contribution in [3.63, 3.8) is 0 Å². The third kappa shape index (κ3) is 3.12. The largest absolute Gasteiger partial charge is 0.481 e. The quantitative estimate of drug-likeness (QED) is 0.473. The molecule has 1 aliphatic heterocycles. The number of anilines is 1. The molecule has 0 radical (unpaired) electrons. The minimum atomic E-state index is -0.762. The normalized spacial score (nSPS) is 17.5. The van der Waals surface area contributed by atoms with Crippen LogP contribution in [0.5, 0.6) is 0 Å². The number of halogens is 1. The molecule has 1 aliphatic rings. The van der Waals surface area contributed by atoms with Crippen molar-refractivity contribution < 1.29 is 14.8 Å². The molecule has 1 aromatic carbocycles. The summed E-state index contributed by atoms with van der Waals surface area (Å²) in [6, 6.07) is 5.14. The zero-order valence-corrected chi connectivity index (χ0v) is 13.9. The fraction of sp³-hybridized carbons (Fsp3) is 0.500. The van der Waals surface area contributed by atoms with Crippen LogP contribution < -0.4 is 4.90 Å². The summed E-state index contributed by atoms with van der Waals surface area (Å²) in [6.07, 6.45) is 1.62. The van der Waals surface area contributed by atoms with Gasteiger partial charge in [0.25, 0.3) is 5.69 Å². The van der Waals surface area contributed by atoms with Crippen LogP contribution in [0.4, 0.5) is 11.4 Å². The number of carboxylic acid groups (broad SMARTS) is 1. The molecule has 1 heterocycles. The van der Waals surface area contributed by atoms with Crippen molar-refractivity contribution in [3.05, 3.63) is 31.9 Å². The Hall–Kier alpha value is -1.38. The fourth-order valence-electron chi connectivity index (χ4n) is 2.80. The Kier molecular flexibility index (Phi) is 4.70. The highest BCUT2D eigenvalue weighted by Crippen LogP contribution is 2.39. The highest BCUT2D eigenvalue weighted by atomic mass is 127. The maximum Gasteiger partial charge on any atom is 0.309 e. The lowest BCUT2D eigenvalue weighted by atomic mass is 9.76. The van der Waals surface area contributed by atoms with Crippen LogP contribution in [0.25, 0.3) is 0 Å². The number of aliphatic carboxylic acids is 1. The summed E-state index contributed by atoms with van der Waals surface area (Å²) >= 11 is 2.05. The number of piperidine rings is 1. The highest BCUT2D eigenvalue weighted by Gasteiger charge is 2.40. The lowest BCUT2D eigenvalue weighted by molar-refractivity contribution is -0.384. The third-order valence-corrected chi connectivity index (χ3v) is 5.00. The molecule has 0 aliphatic carbocycles. The van der Waals surface area contributed by atoms with Crippen LogP contribution in [0, 0.1) is 19.1 Å². The van der Waals surface area contributed by atoms with Crippen LogP contribution in [-0.2, 0) is 4.79 Å². The minimum absolute atomic E-state index is 0.0845. The first kappa shape index (κ1) is 16.0. The van der Waals surface area contributed by atoms with Gasteiger partial charge in [-0.15, -0.1) is 0 Å². The van der Waals surface area contributed by atoms with Crippen molar-refractivity contribution in [2.45, 2.75) is 26.2 Å². The summed E-state index contributed by atoms with van der Waals surface area (Å²) in [6.45, 7) is 2.94. The Bertz CT molecular complexity index is 568. The number of rotatable bonds is 4. The zero-order valence-electron chi connectivity index (χ0n) is 11.7. The summed E-state index contributed by atoms with van der Waals surface area (Å²) in [5, 5.41) is 20.6. The molecule has 0 aromatic heterocycles. The van der Waals surface area contributed by atoms with E-state index in [1.165, 1.54) is 0 Å². The van der Waals surface area contributed by atoms with Gasteiger partial charge < -0.3 is 10.0 Å². The summed E-state index contributed by atoms with van der Waals surface area (Å²) < 4.78 is 0.813. The van der Waals surface area contributed by atoms with E-state index in [0.29, 0.717) is 38.0 Å². The topological polar surface area (TPSA) is 83.7 Å². The molecule has 0 unspecified atom stereocenters. The fourth-order valence-corrected chi connectivity index (χ4v) is 3.28. The van der Waals surface area contributed by atoms with Gasteiger partial charge in [-0.3, -0.25) is 14.9 Å². The zero-order chi connectivity index (χ0) is 15.6. The van der Waals surface area contributed by atoms with Crippen molar-refractivity contribution >= 4 is 39.9 Å². The van der Waals surface area contributed by atoms with E-state index in [1.807, 2.05) is 40.5 Å². The molecule has 0 bridgehead atoms. The van der Waals surface area contributed by atoms with Gasteiger partial charge in [-0.05, 0) is 54.0 Å². The molecule has 0 spiro atoms. The highest BCUT2D eigenvalue weighted by molar-refractivity contribution is 14.1. The Balaban J connectivity index is 2.23. The molecule has 1 fully saturated rings. The van der Waals surface area contributed by atoms with E-state index in [9.17, 15) is 20.0 Å². The van der Waals surface area contributed by atoms with Crippen LogP contribution in [0.3, 0.4) is 0 Å². The van der Waals surface area contributed by atoms with Crippen LogP contribution in [0.2, 0.25) is 0 Å². The summed E-state index contributed by atoms with van der Waals surface area (Å²) in [5.41, 5.74) is -0.0224. The van der Waals surface area contributed by atoms with Crippen molar-refractivity contribution in [1.82, 2.24) is 0 Å². The van der Waals surface area contributed by atoms with E-state index in [-0.39, 0.29) is 10.6 Å². The first-order chi connectivity index (χ1) is 9.89. The van der Waals surface area contributed by atoms with Gasteiger partial charge in [0.1, 0.15) is 5.69 Å². The number of nitrogens with zero attached hydrogens (tertiary/aromatic N) is 2. The predicted octanol–water partition coefficient (Wildman–Crippen LogP) is 3.28. The molecule has 1 saturated heterocycles. The Labute approximate surface area is 136 Å². The predicted molar refractivity (Wildman–Crippen MR) is 87.6 cm³/mol. The average Bonchev–Trinajstić information content (AvgIpc) is 2.47. The van der Waals surface area contributed by atoms with Gasteiger partial charge >= 0.3 is 5.97 Å². The number of hydrogen-bond donors (Lipinski definition) is 1. The number of benzene rings is 1. The monoisotopic (exact) mass is 404 g/mol. The van der Waals surface area contributed by atoms with Crippen LogP contribution in [-0.4, -0.2) is 29.1 Å². The van der Waals surface area contributed by atoms with Gasteiger partial charge in [0, 0.05) is 22.7 Å². The summed E-state index contributed by atoms with van der Waals surface area (Å²) in [7, 11) is 0. The number of carboxylic acids is 1. The molecule has 114 valence electrons. The van der Waals surface area contributed by atoms with Gasteiger partial charge in [-0.25, -0.2) is 0 Å². The first-order valence-corrected chi connectivity index (χ1v) is 7.90. The molecule has 1 N–H and O–H groups in total. The smallest absolute Gasteiger partial charge is 0.309 e. The average molecular weight is 404 g/mol. The summed E-state index contributed by atoms with van der Waals surface area (Å²) in [4.78, 5) is 24.2. The Morgan fingerprint density at radius 1 is 1.48 bits per heavy atom. The number of carbonyl (C=O) groups is 1. The maximum absolute atomic E-state index is 11.4. The molecular weight excluding hydrogens is 387 g/mol. The lowest BCUT2D eigenvalue weighted by Crippen LogP contribution is -2.44. The SMILES string of the molecule is CCC1(C(=O)O)CCN(c2ccc(I)cc2[N+](=O)[O-])CC1. The van der Waals surface area contributed by atoms with Gasteiger partial charge in [0.05, 0.1) is 10.3 Å². The van der Waals surface area contributed by atoms with Crippen LogP contribution in [0.15, 0.2) is 18.2 Å². The molecule has 2 rings (SSSR count). The molecule has 6 nitrogen and oxygen atoms in total. The third-order valence-electron chi connectivity index (χ3n) is 4.33. The maximum atomic E-state index is 11.4. The standard InChI is InChI=1S/C14H17IN2O4/c1-2-14(13(18)19)5-7-16(8-6-14)11-4-3-10(15)9-12(11)17(20)21/h3-4,9H,2,5-8H2,1H3,(H,18,19). The van der Waals surface area contributed by atoms with Crippen molar-refractivity contribution in [2.75, 3.05) is 18.0 Å². The molecule has 0 amide bonds. The summed E-state index contributed by atoms with van der Waals surface area (Å²) in [5.74, 6) is -0.762. The van der Waals surface area contributed by atoms with E-state index in [2.05, 4.69) is 0 Å². The second-order valence-corrected chi connectivity index (χ2v) is 6.56. The van der Waals surface area contributed by atoms with Crippen molar-refractivity contribution in [3.8, 4) is 0 Å². The lowest BCUT2D eigenvalue weighted by Gasteiger charge is -2.39. The second kappa shape index (κ2) is 6.17. The van der Waals surface area contributed by atoms with Crippen LogP contribution in [0.1, 0.15) is 26.2 Å². The van der Waals surface area contributed by atoms with Gasteiger partial charge in [-0.2, -0.15) is 0 Å². The van der Waals surface area contributed by atoms with E-state index in [4.69, 9.17) is 0 Å². The molecule has 0 saturated carbocycles. The molecule has 21 heavy (non-hydrogen) atoms. The van der Waals surface area contributed by atoms with Crippen molar-refractivity contribution in [2.24, 2.45) is 5.41 Å². The number of nitro groups is 1. The van der Waals surface area contributed by atoms with E-state index in [1.54, 1.807) is 12.1 Å². The Morgan fingerprint density at radius 2 is 2.10 bits per heavy atom. The van der Waals surface area contributed by atoms with E-state index in [0.717, 1.165) is 3.57 Å². The minimum Gasteiger partial charge on any atom is -0.481 e. The van der Waals surface area contributed by atoms with E-state index < -0.39 is 11.4 Å². The molecule has 1 aromatic rings. The second-order valence-electron chi connectivity index (χ2n) is 5.32. The molecular formula is C14H17IN2O4. The number of nitro benzene ring substituents is 1. The molecule has 0 atom stereocenters. The van der Waals surface area contributed by atoms with Gasteiger partial charge in [0.15, 0.2) is 0 Å².